The molecule has 1 nitrogen and oxygen atoms in total. The Balaban J connectivity index is 2.30. The van der Waals surface area contributed by atoms with Gasteiger partial charge in [-0.1, -0.05) is 53.9 Å². The first-order valence-electron chi connectivity index (χ1n) is 6.63. The van der Waals surface area contributed by atoms with E-state index < -0.39 is 0 Å². The molecule has 0 aliphatic heterocycles. The normalized spacial score (nSPS) is 12.4. The van der Waals surface area contributed by atoms with Crippen LogP contribution in [0.1, 0.15) is 24.1 Å². The largest absolute Gasteiger partial charge is 0.310 e. The fourth-order valence-corrected chi connectivity index (χ4v) is 3.01. The predicted octanol–water partition coefficient (Wildman–Crippen LogP) is 5.68. The molecule has 2 rings (SSSR count). The molecule has 1 atom stereocenters. The molecule has 0 bridgehead atoms. The van der Waals surface area contributed by atoms with E-state index in [9.17, 15) is 4.39 Å². The quantitative estimate of drug-likeness (QED) is 0.734. The first kappa shape index (κ1) is 16.6. The van der Waals surface area contributed by atoms with E-state index in [1.807, 2.05) is 13.0 Å². The Kier molecular flexibility index (Phi) is 5.88. The third-order valence-electron chi connectivity index (χ3n) is 3.23. The van der Waals surface area contributed by atoms with Crippen LogP contribution in [0.5, 0.6) is 0 Å². The Morgan fingerprint density at radius 2 is 1.81 bits per heavy atom. The number of benzene rings is 2. The number of likely N-dealkylation sites (N-methyl/N-ethyl adjacent to an activating group) is 1. The van der Waals surface area contributed by atoms with Crippen molar-refractivity contribution in [1.82, 2.24) is 5.32 Å². The van der Waals surface area contributed by atoms with Crippen LogP contribution >= 0.6 is 34.8 Å². The zero-order valence-corrected chi connectivity index (χ0v) is 13.7. The highest BCUT2D eigenvalue weighted by molar-refractivity contribution is 6.35. The van der Waals surface area contributed by atoms with E-state index in [-0.39, 0.29) is 11.9 Å². The van der Waals surface area contributed by atoms with Gasteiger partial charge in [-0.2, -0.15) is 0 Å². The summed E-state index contributed by atoms with van der Waals surface area (Å²) in [5.74, 6) is -0.340. The molecule has 0 saturated carbocycles. The zero-order chi connectivity index (χ0) is 15.4. The zero-order valence-electron chi connectivity index (χ0n) is 11.5. The molecule has 1 N–H and O–H groups in total. The van der Waals surface area contributed by atoms with Gasteiger partial charge in [0.2, 0.25) is 0 Å². The third-order valence-corrected chi connectivity index (χ3v) is 4.14. The van der Waals surface area contributed by atoms with Crippen LogP contribution in [-0.2, 0) is 6.42 Å². The smallest absolute Gasteiger partial charge is 0.124 e. The Morgan fingerprint density at radius 1 is 1.05 bits per heavy atom. The summed E-state index contributed by atoms with van der Waals surface area (Å²) in [6.07, 6.45) is 0.619. The van der Waals surface area contributed by atoms with Crippen molar-refractivity contribution in [2.45, 2.75) is 19.4 Å². The minimum atomic E-state index is -0.340. The molecule has 0 aliphatic rings. The minimum absolute atomic E-state index is 0.0114. The van der Waals surface area contributed by atoms with E-state index >= 15 is 0 Å². The number of hydrogen-bond acceptors (Lipinski definition) is 1. The van der Waals surface area contributed by atoms with E-state index in [1.54, 1.807) is 18.2 Å². The highest BCUT2D eigenvalue weighted by Crippen LogP contribution is 2.30. The van der Waals surface area contributed by atoms with Crippen molar-refractivity contribution < 1.29 is 4.39 Å². The number of rotatable bonds is 5. The van der Waals surface area contributed by atoms with Crippen molar-refractivity contribution >= 4 is 34.8 Å². The molecule has 0 aromatic heterocycles. The van der Waals surface area contributed by atoms with Gasteiger partial charge in [0.15, 0.2) is 0 Å². The summed E-state index contributed by atoms with van der Waals surface area (Å²) in [6.45, 7) is 2.80. The lowest BCUT2D eigenvalue weighted by atomic mass is 9.98. The maximum absolute atomic E-state index is 13.1. The monoisotopic (exact) mass is 345 g/mol. The van der Waals surface area contributed by atoms with Crippen LogP contribution in [0.2, 0.25) is 15.1 Å². The maximum Gasteiger partial charge on any atom is 0.124 e. The highest BCUT2D eigenvalue weighted by atomic mass is 35.5. The summed E-state index contributed by atoms with van der Waals surface area (Å²) < 4.78 is 13.1. The number of halogens is 4. The molecule has 21 heavy (non-hydrogen) atoms. The molecule has 0 aliphatic carbocycles. The van der Waals surface area contributed by atoms with E-state index in [4.69, 9.17) is 34.8 Å². The molecule has 0 saturated heterocycles. The van der Waals surface area contributed by atoms with E-state index in [0.717, 1.165) is 17.7 Å². The standard InChI is InChI=1S/C16H15Cl3FN/c1-2-21-16(13-6-4-11(17)8-15(13)19)7-10-3-5-12(20)9-14(10)18/h3-6,8-9,16,21H,2,7H2,1H3. The van der Waals surface area contributed by atoms with Gasteiger partial charge in [-0.15, -0.1) is 0 Å². The summed E-state index contributed by atoms with van der Waals surface area (Å²) in [5, 5.41) is 4.99. The Bertz CT molecular complexity index is 631. The van der Waals surface area contributed by atoms with Crippen LogP contribution in [-0.4, -0.2) is 6.54 Å². The molecular weight excluding hydrogens is 332 g/mol. The summed E-state index contributed by atoms with van der Waals surface area (Å²) in [7, 11) is 0. The third kappa shape index (κ3) is 4.33. The van der Waals surface area contributed by atoms with Crippen molar-refractivity contribution in [1.29, 1.82) is 0 Å². The van der Waals surface area contributed by atoms with Crippen molar-refractivity contribution in [2.24, 2.45) is 0 Å². The average Bonchev–Trinajstić information content (AvgIpc) is 2.41. The van der Waals surface area contributed by atoms with Gasteiger partial charge in [0.05, 0.1) is 0 Å². The molecule has 0 spiro atoms. The van der Waals surface area contributed by atoms with Crippen LogP contribution in [0.15, 0.2) is 36.4 Å². The molecule has 0 fully saturated rings. The Morgan fingerprint density at radius 3 is 2.43 bits per heavy atom. The second kappa shape index (κ2) is 7.46. The van der Waals surface area contributed by atoms with Gasteiger partial charge >= 0.3 is 0 Å². The van der Waals surface area contributed by atoms with Crippen LogP contribution in [0.4, 0.5) is 4.39 Å². The predicted molar refractivity (Wildman–Crippen MR) is 88.0 cm³/mol. The van der Waals surface area contributed by atoms with E-state index in [2.05, 4.69) is 5.32 Å². The molecule has 1 unspecified atom stereocenters. The lowest BCUT2D eigenvalue weighted by Gasteiger charge is -2.20. The van der Waals surface area contributed by atoms with E-state index in [1.165, 1.54) is 12.1 Å². The molecule has 5 heteroatoms. The van der Waals surface area contributed by atoms with Gasteiger partial charge in [-0.05, 0) is 48.4 Å². The summed E-state index contributed by atoms with van der Waals surface area (Å²) in [4.78, 5) is 0. The highest BCUT2D eigenvalue weighted by Gasteiger charge is 2.16. The average molecular weight is 347 g/mol. The summed E-state index contributed by atoms with van der Waals surface area (Å²) in [5.41, 5.74) is 1.82. The Labute approximate surface area is 139 Å². The molecular formula is C16H15Cl3FN. The van der Waals surface area contributed by atoms with Gasteiger partial charge in [0, 0.05) is 21.1 Å². The Hall–Kier alpha value is -0.800. The van der Waals surface area contributed by atoms with Crippen molar-refractivity contribution in [2.75, 3.05) is 6.54 Å². The van der Waals surface area contributed by atoms with Crippen molar-refractivity contribution in [3.05, 3.63) is 68.4 Å². The van der Waals surface area contributed by atoms with Crippen molar-refractivity contribution in [3.63, 3.8) is 0 Å². The van der Waals surface area contributed by atoms with Crippen LogP contribution < -0.4 is 5.32 Å². The lowest BCUT2D eigenvalue weighted by Crippen LogP contribution is -2.23. The number of hydrogen-bond donors (Lipinski definition) is 1. The molecule has 112 valence electrons. The fourth-order valence-electron chi connectivity index (χ4n) is 2.23. The second-order valence-electron chi connectivity index (χ2n) is 4.72. The summed E-state index contributed by atoms with van der Waals surface area (Å²) in [6, 6.07) is 9.84. The van der Waals surface area contributed by atoms with Gasteiger partial charge in [0.1, 0.15) is 5.82 Å². The van der Waals surface area contributed by atoms with E-state index in [0.29, 0.717) is 21.5 Å². The van der Waals surface area contributed by atoms with Gasteiger partial charge in [-0.3, -0.25) is 0 Å². The van der Waals surface area contributed by atoms with Crippen molar-refractivity contribution in [3.8, 4) is 0 Å². The molecule has 2 aromatic rings. The minimum Gasteiger partial charge on any atom is -0.310 e. The first-order chi connectivity index (χ1) is 10.0. The summed E-state index contributed by atoms with van der Waals surface area (Å²) >= 11 is 18.3. The van der Waals surface area contributed by atoms with Crippen LogP contribution in [0.3, 0.4) is 0 Å². The number of nitrogens with one attached hydrogen (secondary N) is 1. The van der Waals surface area contributed by atoms with Crippen LogP contribution in [0, 0.1) is 5.82 Å². The molecule has 2 aromatic carbocycles. The fraction of sp³-hybridized carbons (Fsp3) is 0.250. The SMILES string of the molecule is CCNC(Cc1ccc(F)cc1Cl)c1ccc(Cl)cc1Cl. The first-order valence-corrected chi connectivity index (χ1v) is 7.77. The van der Waals surface area contributed by atoms with Crippen LogP contribution in [0.25, 0.3) is 0 Å². The molecule has 0 radical (unpaired) electrons. The maximum atomic E-state index is 13.1. The van der Waals surface area contributed by atoms with Gasteiger partial charge in [-0.25, -0.2) is 4.39 Å². The molecule has 0 heterocycles. The topological polar surface area (TPSA) is 12.0 Å². The molecule has 0 amide bonds. The lowest BCUT2D eigenvalue weighted by molar-refractivity contribution is 0.549. The van der Waals surface area contributed by atoms with Gasteiger partial charge in [0.25, 0.3) is 0 Å². The second-order valence-corrected chi connectivity index (χ2v) is 5.97. The van der Waals surface area contributed by atoms with Gasteiger partial charge < -0.3 is 5.32 Å².